The second-order valence-electron chi connectivity index (χ2n) is 4.62. The maximum atomic E-state index is 11.7. The Labute approximate surface area is 113 Å². The van der Waals surface area contributed by atoms with Gasteiger partial charge in [-0.15, -0.1) is 6.42 Å². The molecular weight excluding hydrogens is 262 g/mol. The van der Waals surface area contributed by atoms with Crippen molar-refractivity contribution in [2.45, 2.75) is 18.8 Å². The van der Waals surface area contributed by atoms with Gasteiger partial charge in [0.05, 0.1) is 25.0 Å². The van der Waals surface area contributed by atoms with Gasteiger partial charge in [0.15, 0.2) is 17.4 Å². The standard InChI is InChI=1S/C12H13N5O3/c1-2-6-3-7(4-18)20-11(6)17-5-14-8-9(17)15-12(13)16-10(8)19/h1,5-7,11,18H,3-4H2,(H3,13,15,16,19)/t6-,7-,11+/m0/s1. The summed E-state index contributed by atoms with van der Waals surface area (Å²) in [7, 11) is 0. The lowest BCUT2D eigenvalue weighted by Gasteiger charge is -2.16. The number of aromatic nitrogens is 4. The summed E-state index contributed by atoms with van der Waals surface area (Å²) in [5, 5.41) is 9.19. The number of nitrogens with two attached hydrogens (primary N) is 1. The van der Waals surface area contributed by atoms with Gasteiger partial charge in [-0.05, 0) is 6.42 Å². The van der Waals surface area contributed by atoms with Crippen LogP contribution in [0, 0.1) is 18.3 Å². The Balaban J connectivity index is 2.11. The SMILES string of the molecule is C#C[C@H]1C[C@@H](CO)O[C@H]1n1cnc2c(=O)[nH]c(N)nc21. The quantitative estimate of drug-likeness (QED) is 0.619. The van der Waals surface area contributed by atoms with E-state index in [9.17, 15) is 9.90 Å². The van der Waals surface area contributed by atoms with E-state index in [-0.39, 0.29) is 30.1 Å². The normalized spacial score (nSPS) is 25.9. The Morgan fingerprint density at radius 3 is 3.20 bits per heavy atom. The lowest BCUT2D eigenvalue weighted by atomic mass is 10.0. The third-order valence-electron chi connectivity index (χ3n) is 3.34. The molecule has 0 spiro atoms. The average molecular weight is 275 g/mol. The van der Waals surface area contributed by atoms with Gasteiger partial charge in [0.25, 0.3) is 5.56 Å². The van der Waals surface area contributed by atoms with E-state index in [1.165, 1.54) is 6.33 Å². The number of aromatic amines is 1. The van der Waals surface area contributed by atoms with Crippen LogP contribution in [0.2, 0.25) is 0 Å². The molecule has 3 rings (SSSR count). The van der Waals surface area contributed by atoms with Gasteiger partial charge in [0.2, 0.25) is 5.95 Å². The number of anilines is 1. The molecule has 0 aromatic carbocycles. The smallest absolute Gasteiger partial charge is 0.280 e. The van der Waals surface area contributed by atoms with E-state index in [0.29, 0.717) is 12.1 Å². The minimum atomic E-state index is -0.518. The monoisotopic (exact) mass is 275 g/mol. The summed E-state index contributed by atoms with van der Waals surface area (Å²) in [6.07, 6.45) is 6.62. The third-order valence-corrected chi connectivity index (χ3v) is 3.34. The zero-order chi connectivity index (χ0) is 14.3. The molecule has 0 aliphatic carbocycles. The molecule has 1 saturated heterocycles. The maximum Gasteiger partial charge on any atom is 0.280 e. The molecule has 3 atom stereocenters. The first-order valence-corrected chi connectivity index (χ1v) is 6.08. The van der Waals surface area contributed by atoms with Gasteiger partial charge in [0.1, 0.15) is 0 Å². The second kappa shape index (κ2) is 4.63. The van der Waals surface area contributed by atoms with Crippen LogP contribution < -0.4 is 11.3 Å². The van der Waals surface area contributed by atoms with Crippen molar-refractivity contribution in [3.63, 3.8) is 0 Å². The summed E-state index contributed by atoms with van der Waals surface area (Å²) < 4.78 is 7.27. The van der Waals surface area contributed by atoms with Crippen LogP contribution in [0.4, 0.5) is 5.95 Å². The summed E-state index contributed by atoms with van der Waals surface area (Å²) in [6.45, 7) is -0.114. The average Bonchev–Trinajstić information content (AvgIpc) is 3.01. The minimum absolute atomic E-state index is 0.00165. The van der Waals surface area contributed by atoms with E-state index < -0.39 is 11.8 Å². The minimum Gasteiger partial charge on any atom is -0.394 e. The van der Waals surface area contributed by atoms with Gasteiger partial charge in [-0.2, -0.15) is 4.98 Å². The Morgan fingerprint density at radius 1 is 1.70 bits per heavy atom. The number of nitrogens with one attached hydrogen (secondary N) is 1. The molecule has 0 saturated carbocycles. The Kier molecular flexibility index (Phi) is 2.93. The molecule has 4 N–H and O–H groups in total. The van der Waals surface area contributed by atoms with E-state index in [2.05, 4.69) is 20.9 Å². The summed E-state index contributed by atoms with van der Waals surface area (Å²) in [5.74, 6) is 2.40. The highest BCUT2D eigenvalue weighted by Crippen LogP contribution is 2.34. The van der Waals surface area contributed by atoms with E-state index in [1.807, 2.05) is 0 Å². The Hall–Kier alpha value is -2.37. The van der Waals surface area contributed by atoms with Crippen molar-refractivity contribution in [2.24, 2.45) is 5.92 Å². The van der Waals surface area contributed by atoms with Gasteiger partial charge in [-0.1, -0.05) is 5.92 Å². The third kappa shape index (κ3) is 1.84. The molecule has 2 aromatic rings. The molecule has 0 radical (unpaired) electrons. The zero-order valence-electron chi connectivity index (χ0n) is 10.5. The number of terminal acetylenes is 1. The second-order valence-corrected chi connectivity index (χ2v) is 4.62. The van der Waals surface area contributed by atoms with Gasteiger partial charge in [0, 0.05) is 0 Å². The molecule has 1 aliphatic heterocycles. The van der Waals surface area contributed by atoms with Crippen molar-refractivity contribution >= 4 is 17.1 Å². The molecule has 20 heavy (non-hydrogen) atoms. The van der Waals surface area contributed by atoms with Crippen LogP contribution >= 0.6 is 0 Å². The molecule has 0 amide bonds. The molecule has 2 aromatic heterocycles. The van der Waals surface area contributed by atoms with Crippen LogP contribution in [0.3, 0.4) is 0 Å². The molecule has 8 heteroatoms. The fraction of sp³-hybridized carbons (Fsp3) is 0.417. The predicted octanol–water partition coefficient (Wildman–Crippen LogP) is -0.769. The van der Waals surface area contributed by atoms with Crippen molar-refractivity contribution < 1.29 is 9.84 Å². The number of rotatable bonds is 2. The van der Waals surface area contributed by atoms with Crippen LogP contribution in [0.25, 0.3) is 11.2 Å². The largest absolute Gasteiger partial charge is 0.394 e. The fourth-order valence-electron chi connectivity index (χ4n) is 2.40. The van der Waals surface area contributed by atoms with E-state index in [1.54, 1.807) is 4.57 Å². The van der Waals surface area contributed by atoms with Gasteiger partial charge < -0.3 is 15.6 Å². The highest BCUT2D eigenvalue weighted by molar-refractivity contribution is 5.70. The van der Waals surface area contributed by atoms with Gasteiger partial charge in [-0.25, -0.2) is 4.98 Å². The lowest BCUT2D eigenvalue weighted by molar-refractivity contribution is -0.0262. The molecule has 0 bridgehead atoms. The number of fused-ring (bicyclic) bond motifs is 1. The first kappa shape index (κ1) is 12.7. The van der Waals surface area contributed by atoms with Crippen LogP contribution in [0.15, 0.2) is 11.1 Å². The summed E-state index contributed by atoms with van der Waals surface area (Å²) in [4.78, 5) is 22.2. The first-order valence-electron chi connectivity index (χ1n) is 6.08. The van der Waals surface area contributed by atoms with Crippen LogP contribution in [-0.2, 0) is 4.74 Å². The molecule has 0 unspecified atom stereocenters. The highest BCUT2D eigenvalue weighted by Gasteiger charge is 2.36. The summed E-state index contributed by atoms with van der Waals surface area (Å²) >= 11 is 0. The van der Waals surface area contributed by atoms with E-state index in [4.69, 9.17) is 16.9 Å². The number of hydrogen-bond donors (Lipinski definition) is 3. The summed E-state index contributed by atoms with van der Waals surface area (Å²) in [6, 6.07) is 0. The highest BCUT2D eigenvalue weighted by atomic mass is 16.5. The van der Waals surface area contributed by atoms with Crippen LogP contribution in [0.5, 0.6) is 0 Å². The number of aliphatic hydroxyl groups excluding tert-OH is 1. The summed E-state index contributed by atoms with van der Waals surface area (Å²) in [5.41, 5.74) is 5.61. The number of nitrogens with zero attached hydrogens (tertiary/aromatic N) is 3. The first-order chi connectivity index (χ1) is 9.63. The number of aliphatic hydroxyl groups is 1. The molecular formula is C12H13N5O3. The zero-order valence-corrected chi connectivity index (χ0v) is 10.5. The molecule has 104 valence electrons. The van der Waals surface area contributed by atoms with Gasteiger partial charge in [-0.3, -0.25) is 14.3 Å². The van der Waals surface area contributed by atoms with E-state index >= 15 is 0 Å². The van der Waals surface area contributed by atoms with Crippen molar-refractivity contribution in [3.05, 3.63) is 16.7 Å². The van der Waals surface area contributed by atoms with Crippen molar-refractivity contribution in [2.75, 3.05) is 12.3 Å². The number of hydrogen-bond acceptors (Lipinski definition) is 6. The Bertz CT molecular complexity index is 744. The number of imidazole rings is 1. The maximum absolute atomic E-state index is 11.7. The van der Waals surface area contributed by atoms with Crippen molar-refractivity contribution in [1.29, 1.82) is 0 Å². The molecule has 1 aliphatic rings. The fourth-order valence-corrected chi connectivity index (χ4v) is 2.40. The number of nitrogen functional groups attached to an aromatic ring is 1. The molecule has 8 nitrogen and oxygen atoms in total. The van der Waals surface area contributed by atoms with Crippen molar-refractivity contribution in [3.8, 4) is 12.3 Å². The predicted molar refractivity (Wildman–Crippen MR) is 70.5 cm³/mol. The topological polar surface area (TPSA) is 119 Å². The van der Waals surface area contributed by atoms with Gasteiger partial charge >= 0.3 is 0 Å². The van der Waals surface area contributed by atoms with Crippen LogP contribution in [0.1, 0.15) is 12.6 Å². The molecule has 3 heterocycles. The lowest BCUT2D eigenvalue weighted by Crippen LogP contribution is -2.17. The Morgan fingerprint density at radius 2 is 2.50 bits per heavy atom. The molecule has 1 fully saturated rings. The van der Waals surface area contributed by atoms with Crippen LogP contribution in [-0.4, -0.2) is 37.3 Å². The number of ether oxygens (including phenoxy) is 1. The van der Waals surface area contributed by atoms with E-state index in [0.717, 1.165) is 0 Å². The van der Waals surface area contributed by atoms with Crippen molar-refractivity contribution in [1.82, 2.24) is 19.5 Å². The number of H-pyrrole nitrogens is 1.